The van der Waals surface area contributed by atoms with E-state index < -0.39 is 0 Å². The van der Waals surface area contributed by atoms with Gasteiger partial charge in [-0.15, -0.1) is 0 Å². The highest BCUT2D eigenvalue weighted by molar-refractivity contribution is 5.15. The highest BCUT2D eigenvalue weighted by Gasteiger charge is 2.37. The van der Waals surface area contributed by atoms with Crippen LogP contribution in [0.25, 0.3) is 0 Å². The summed E-state index contributed by atoms with van der Waals surface area (Å²) in [5.41, 5.74) is 0.207. The molecule has 1 aromatic heterocycles. The zero-order valence-corrected chi connectivity index (χ0v) is 7.62. The Kier molecular flexibility index (Phi) is 2.09. The molecule has 1 atom stereocenters. The Balaban J connectivity index is 2.32. The van der Waals surface area contributed by atoms with Crippen LogP contribution in [0.3, 0.4) is 0 Å². The number of aromatic nitrogens is 1. The van der Waals surface area contributed by atoms with Gasteiger partial charge in [-0.05, 0) is 19.8 Å². The third kappa shape index (κ3) is 1.36. The quantitative estimate of drug-likeness (QED) is 0.748. The summed E-state index contributed by atoms with van der Waals surface area (Å²) in [6.07, 6.45) is 3.31. The molecule has 0 saturated carbocycles. The molecule has 1 fully saturated rings. The van der Waals surface area contributed by atoms with Crippen molar-refractivity contribution in [2.75, 3.05) is 6.61 Å². The average molecular weight is 183 g/mol. The van der Waals surface area contributed by atoms with Gasteiger partial charge in [-0.25, -0.2) is 4.98 Å². The van der Waals surface area contributed by atoms with E-state index >= 15 is 0 Å². The molecule has 0 bridgehead atoms. The second-order valence-electron chi connectivity index (χ2n) is 3.47. The Morgan fingerprint density at radius 1 is 1.69 bits per heavy atom. The third-order valence-corrected chi connectivity index (χ3v) is 2.49. The SMILES string of the molecule is CC1(c2ocnc2CO)CCCO1. The van der Waals surface area contributed by atoms with E-state index in [0.29, 0.717) is 11.5 Å². The van der Waals surface area contributed by atoms with Crippen molar-refractivity contribution in [3.05, 3.63) is 17.8 Å². The number of rotatable bonds is 2. The lowest BCUT2D eigenvalue weighted by molar-refractivity contribution is -0.00275. The van der Waals surface area contributed by atoms with E-state index in [0.717, 1.165) is 19.4 Å². The van der Waals surface area contributed by atoms with Crippen LogP contribution in [0.2, 0.25) is 0 Å². The number of oxazole rings is 1. The van der Waals surface area contributed by atoms with Crippen molar-refractivity contribution >= 4 is 0 Å². The largest absolute Gasteiger partial charge is 0.445 e. The van der Waals surface area contributed by atoms with Gasteiger partial charge in [0, 0.05) is 6.61 Å². The van der Waals surface area contributed by atoms with E-state index in [9.17, 15) is 0 Å². The number of aliphatic hydroxyl groups is 1. The maximum Gasteiger partial charge on any atom is 0.181 e. The number of hydrogen-bond donors (Lipinski definition) is 1. The van der Waals surface area contributed by atoms with Gasteiger partial charge in [0.05, 0.1) is 6.61 Å². The Morgan fingerprint density at radius 2 is 2.54 bits per heavy atom. The lowest BCUT2D eigenvalue weighted by Gasteiger charge is -2.20. The summed E-state index contributed by atoms with van der Waals surface area (Å²) in [6, 6.07) is 0. The number of nitrogens with zero attached hydrogens (tertiary/aromatic N) is 1. The fourth-order valence-corrected chi connectivity index (χ4v) is 1.77. The van der Waals surface area contributed by atoms with Crippen molar-refractivity contribution in [1.29, 1.82) is 0 Å². The molecule has 1 aliphatic heterocycles. The van der Waals surface area contributed by atoms with E-state index in [2.05, 4.69) is 4.98 Å². The molecule has 4 nitrogen and oxygen atoms in total. The van der Waals surface area contributed by atoms with Gasteiger partial charge in [0.25, 0.3) is 0 Å². The van der Waals surface area contributed by atoms with Crippen LogP contribution in [0.4, 0.5) is 0 Å². The predicted octanol–water partition coefficient (Wildman–Crippen LogP) is 1.19. The highest BCUT2D eigenvalue weighted by atomic mass is 16.5. The first-order valence-electron chi connectivity index (χ1n) is 4.44. The Morgan fingerprint density at radius 3 is 3.15 bits per heavy atom. The van der Waals surface area contributed by atoms with E-state index in [4.69, 9.17) is 14.3 Å². The molecule has 0 amide bonds. The first kappa shape index (κ1) is 8.72. The summed E-state index contributed by atoms with van der Waals surface area (Å²) in [5.74, 6) is 0.674. The topological polar surface area (TPSA) is 55.5 Å². The molecule has 72 valence electrons. The van der Waals surface area contributed by atoms with Gasteiger partial charge in [0.1, 0.15) is 11.3 Å². The molecule has 4 heteroatoms. The fourth-order valence-electron chi connectivity index (χ4n) is 1.77. The summed E-state index contributed by atoms with van der Waals surface area (Å²) < 4.78 is 10.8. The maximum absolute atomic E-state index is 9.00. The summed E-state index contributed by atoms with van der Waals surface area (Å²) in [4.78, 5) is 3.93. The Hall–Kier alpha value is -0.870. The first-order chi connectivity index (χ1) is 6.26. The third-order valence-electron chi connectivity index (χ3n) is 2.49. The van der Waals surface area contributed by atoms with Crippen molar-refractivity contribution in [3.8, 4) is 0 Å². The second-order valence-corrected chi connectivity index (χ2v) is 3.47. The van der Waals surface area contributed by atoms with Crippen LogP contribution >= 0.6 is 0 Å². The number of hydrogen-bond acceptors (Lipinski definition) is 4. The second kappa shape index (κ2) is 3.12. The molecule has 2 heterocycles. The van der Waals surface area contributed by atoms with Gasteiger partial charge in [-0.1, -0.05) is 0 Å². The van der Waals surface area contributed by atoms with Crippen LogP contribution in [-0.4, -0.2) is 16.7 Å². The molecule has 0 spiro atoms. The molecule has 1 unspecified atom stereocenters. The van der Waals surface area contributed by atoms with Gasteiger partial charge in [-0.3, -0.25) is 0 Å². The van der Waals surface area contributed by atoms with Crippen LogP contribution in [0, 0.1) is 0 Å². The zero-order chi connectivity index (χ0) is 9.31. The lowest BCUT2D eigenvalue weighted by atomic mass is 9.98. The monoisotopic (exact) mass is 183 g/mol. The summed E-state index contributed by atoms with van der Waals surface area (Å²) in [5, 5.41) is 9.00. The molecular formula is C9H13NO3. The van der Waals surface area contributed by atoms with Crippen molar-refractivity contribution in [1.82, 2.24) is 4.98 Å². The molecule has 0 aromatic carbocycles. The van der Waals surface area contributed by atoms with Gasteiger partial charge < -0.3 is 14.3 Å². The predicted molar refractivity (Wildman–Crippen MR) is 45.0 cm³/mol. The molecule has 0 radical (unpaired) electrons. The Bertz CT molecular complexity index is 289. The summed E-state index contributed by atoms with van der Waals surface area (Å²) in [7, 11) is 0. The van der Waals surface area contributed by atoms with E-state index in [1.165, 1.54) is 6.39 Å². The summed E-state index contributed by atoms with van der Waals surface area (Å²) in [6.45, 7) is 2.63. The van der Waals surface area contributed by atoms with Crippen molar-refractivity contribution in [2.24, 2.45) is 0 Å². The molecule has 1 aromatic rings. The van der Waals surface area contributed by atoms with Crippen molar-refractivity contribution < 1.29 is 14.3 Å². The maximum atomic E-state index is 9.00. The van der Waals surface area contributed by atoms with Crippen LogP contribution in [0.15, 0.2) is 10.8 Å². The minimum atomic E-state index is -0.380. The van der Waals surface area contributed by atoms with Crippen LogP contribution in [-0.2, 0) is 16.9 Å². The van der Waals surface area contributed by atoms with E-state index in [1.54, 1.807) is 0 Å². The molecule has 13 heavy (non-hydrogen) atoms. The molecule has 0 aliphatic carbocycles. The molecular weight excluding hydrogens is 170 g/mol. The molecule has 1 saturated heterocycles. The van der Waals surface area contributed by atoms with Gasteiger partial charge >= 0.3 is 0 Å². The molecule has 2 rings (SSSR count). The minimum absolute atomic E-state index is 0.0925. The number of aliphatic hydroxyl groups excluding tert-OH is 1. The van der Waals surface area contributed by atoms with Gasteiger partial charge in [0.15, 0.2) is 12.2 Å². The minimum Gasteiger partial charge on any atom is -0.445 e. The fraction of sp³-hybridized carbons (Fsp3) is 0.667. The number of ether oxygens (including phenoxy) is 1. The smallest absolute Gasteiger partial charge is 0.181 e. The van der Waals surface area contributed by atoms with E-state index in [-0.39, 0.29) is 12.2 Å². The van der Waals surface area contributed by atoms with Crippen LogP contribution in [0.1, 0.15) is 31.2 Å². The van der Waals surface area contributed by atoms with Crippen molar-refractivity contribution in [2.45, 2.75) is 32.0 Å². The van der Waals surface area contributed by atoms with Crippen LogP contribution in [0.5, 0.6) is 0 Å². The van der Waals surface area contributed by atoms with Crippen LogP contribution < -0.4 is 0 Å². The van der Waals surface area contributed by atoms with Gasteiger partial charge in [0.2, 0.25) is 0 Å². The molecule has 1 aliphatic rings. The Labute approximate surface area is 76.5 Å². The summed E-state index contributed by atoms with van der Waals surface area (Å²) >= 11 is 0. The zero-order valence-electron chi connectivity index (χ0n) is 7.62. The molecule has 1 N–H and O–H groups in total. The van der Waals surface area contributed by atoms with E-state index in [1.807, 2.05) is 6.92 Å². The average Bonchev–Trinajstić information content (AvgIpc) is 2.72. The van der Waals surface area contributed by atoms with Gasteiger partial charge in [-0.2, -0.15) is 0 Å². The van der Waals surface area contributed by atoms with Crippen molar-refractivity contribution in [3.63, 3.8) is 0 Å². The first-order valence-corrected chi connectivity index (χ1v) is 4.44. The normalized spacial score (nSPS) is 28.2. The standard InChI is InChI=1S/C9H13NO3/c1-9(3-2-4-13-9)8-7(5-11)10-6-12-8/h6,11H,2-5H2,1H3. The highest BCUT2D eigenvalue weighted by Crippen LogP contribution is 2.36. The lowest BCUT2D eigenvalue weighted by Crippen LogP contribution is -2.20.